The Morgan fingerprint density at radius 2 is 2.13 bits per heavy atom. The number of pyridine rings is 1. The number of rotatable bonds is 6. The molecule has 0 aromatic carbocycles. The molecule has 7 nitrogen and oxygen atoms in total. The lowest BCUT2D eigenvalue weighted by Gasteiger charge is -2.27. The van der Waals surface area contributed by atoms with E-state index in [9.17, 15) is 0 Å². The first-order valence-electron chi connectivity index (χ1n) is 7.82. The van der Waals surface area contributed by atoms with Crippen LogP contribution < -0.4 is 15.0 Å². The number of morpholine rings is 1. The Kier molecular flexibility index (Phi) is 5.21. The summed E-state index contributed by atoms with van der Waals surface area (Å²) in [4.78, 5) is 15.1. The van der Waals surface area contributed by atoms with Gasteiger partial charge in [-0.15, -0.1) is 0 Å². The summed E-state index contributed by atoms with van der Waals surface area (Å²) in [6.45, 7) is 6.33. The summed E-state index contributed by atoms with van der Waals surface area (Å²) in [6, 6.07) is 5.86. The summed E-state index contributed by atoms with van der Waals surface area (Å²) >= 11 is 0. The Bertz CT molecular complexity index is 631. The number of nitrogens with zero attached hydrogens (tertiary/aromatic N) is 4. The molecular weight excluding hydrogens is 294 g/mol. The van der Waals surface area contributed by atoms with Crippen LogP contribution in [0, 0.1) is 0 Å². The highest BCUT2D eigenvalue weighted by molar-refractivity contribution is 5.49. The molecule has 2 aromatic rings. The molecule has 1 N–H and O–H groups in total. The maximum Gasteiger partial charge on any atom is 0.218 e. The van der Waals surface area contributed by atoms with Crippen LogP contribution in [0.25, 0.3) is 0 Å². The summed E-state index contributed by atoms with van der Waals surface area (Å²) in [7, 11) is 0. The van der Waals surface area contributed by atoms with E-state index in [1.165, 1.54) is 0 Å². The minimum Gasteiger partial charge on any atom is -0.478 e. The maximum atomic E-state index is 5.54. The van der Waals surface area contributed by atoms with Crippen molar-refractivity contribution in [2.24, 2.45) is 0 Å². The average molecular weight is 315 g/mol. The number of nitrogens with one attached hydrogen (secondary N) is 1. The van der Waals surface area contributed by atoms with Crippen LogP contribution in [0.2, 0.25) is 0 Å². The Morgan fingerprint density at radius 1 is 1.26 bits per heavy atom. The molecule has 23 heavy (non-hydrogen) atoms. The zero-order valence-electron chi connectivity index (χ0n) is 13.2. The summed E-state index contributed by atoms with van der Waals surface area (Å²) in [5.74, 6) is 2.36. The number of hydrogen-bond donors (Lipinski definition) is 1. The molecule has 0 bridgehead atoms. The molecule has 0 amide bonds. The predicted octanol–water partition coefficient (Wildman–Crippen LogP) is 1.72. The molecule has 1 aliphatic heterocycles. The monoisotopic (exact) mass is 315 g/mol. The summed E-state index contributed by atoms with van der Waals surface area (Å²) in [5, 5.41) is 3.31. The van der Waals surface area contributed by atoms with Crippen LogP contribution in [-0.2, 0) is 11.3 Å². The van der Waals surface area contributed by atoms with Gasteiger partial charge in [0.05, 0.1) is 19.8 Å². The largest absolute Gasteiger partial charge is 0.478 e. The molecule has 1 aliphatic rings. The van der Waals surface area contributed by atoms with Crippen LogP contribution in [0.4, 0.5) is 11.6 Å². The molecule has 0 spiro atoms. The fraction of sp³-hybridized carbons (Fsp3) is 0.438. The molecule has 1 fully saturated rings. The second-order valence-corrected chi connectivity index (χ2v) is 5.12. The first kappa shape index (κ1) is 15.5. The van der Waals surface area contributed by atoms with Gasteiger partial charge in [-0.05, 0) is 13.0 Å². The average Bonchev–Trinajstić information content (AvgIpc) is 2.62. The van der Waals surface area contributed by atoms with Crippen molar-refractivity contribution in [1.29, 1.82) is 0 Å². The minimum absolute atomic E-state index is 0.596. The fourth-order valence-electron chi connectivity index (χ4n) is 2.42. The number of hydrogen-bond acceptors (Lipinski definition) is 7. The molecule has 0 aliphatic carbocycles. The normalized spacial score (nSPS) is 14.6. The van der Waals surface area contributed by atoms with E-state index in [1.54, 1.807) is 12.5 Å². The zero-order valence-corrected chi connectivity index (χ0v) is 13.2. The van der Waals surface area contributed by atoms with E-state index in [0.717, 1.165) is 43.5 Å². The standard InChI is InChI=1S/C16H21N5O2/c1-2-23-16-13(4-3-5-17-16)11-18-14-10-15(20-12-19-14)21-6-8-22-9-7-21/h3-5,10,12H,2,6-9,11H2,1H3,(H,18,19,20). The Labute approximate surface area is 135 Å². The molecule has 0 radical (unpaired) electrons. The maximum absolute atomic E-state index is 5.54. The first-order chi connectivity index (χ1) is 11.4. The highest BCUT2D eigenvalue weighted by Gasteiger charge is 2.13. The SMILES string of the molecule is CCOc1ncccc1CNc1cc(N2CCOCC2)ncn1. The van der Waals surface area contributed by atoms with E-state index in [0.29, 0.717) is 19.0 Å². The van der Waals surface area contributed by atoms with Gasteiger partial charge in [0.2, 0.25) is 5.88 Å². The highest BCUT2D eigenvalue weighted by atomic mass is 16.5. The quantitative estimate of drug-likeness (QED) is 0.870. The summed E-state index contributed by atoms with van der Waals surface area (Å²) in [6.07, 6.45) is 3.32. The molecular formula is C16H21N5O2. The van der Waals surface area contributed by atoms with Crippen molar-refractivity contribution in [3.05, 3.63) is 36.3 Å². The van der Waals surface area contributed by atoms with Crippen LogP contribution >= 0.6 is 0 Å². The lowest BCUT2D eigenvalue weighted by molar-refractivity contribution is 0.122. The van der Waals surface area contributed by atoms with Gasteiger partial charge in [-0.25, -0.2) is 15.0 Å². The molecule has 7 heteroatoms. The Hall–Kier alpha value is -2.41. The smallest absolute Gasteiger partial charge is 0.218 e. The molecule has 0 atom stereocenters. The van der Waals surface area contributed by atoms with Crippen molar-refractivity contribution in [3.63, 3.8) is 0 Å². The van der Waals surface area contributed by atoms with Crippen molar-refractivity contribution in [2.75, 3.05) is 43.1 Å². The van der Waals surface area contributed by atoms with Crippen molar-refractivity contribution in [3.8, 4) is 5.88 Å². The molecule has 2 aromatic heterocycles. The third kappa shape index (κ3) is 4.07. The van der Waals surface area contributed by atoms with Gasteiger partial charge in [-0.2, -0.15) is 0 Å². The third-order valence-corrected chi connectivity index (χ3v) is 3.58. The van der Waals surface area contributed by atoms with Crippen molar-refractivity contribution in [1.82, 2.24) is 15.0 Å². The van der Waals surface area contributed by atoms with Gasteiger partial charge in [0.25, 0.3) is 0 Å². The fourth-order valence-corrected chi connectivity index (χ4v) is 2.42. The highest BCUT2D eigenvalue weighted by Crippen LogP contribution is 2.18. The lowest BCUT2D eigenvalue weighted by atomic mass is 10.2. The van der Waals surface area contributed by atoms with Gasteiger partial charge < -0.3 is 19.7 Å². The van der Waals surface area contributed by atoms with E-state index in [1.807, 2.05) is 25.1 Å². The number of anilines is 2. The van der Waals surface area contributed by atoms with E-state index in [-0.39, 0.29) is 0 Å². The number of aromatic nitrogens is 3. The minimum atomic E-state index is 0.596. The molecule has 0 saturated carbocycles. The second-order valence-electron chi connectivity index (χ2n) is 5.12. The molecule has 0 unspecified atom stereocenters. The first-order valence-corrected chi connectivity index (χ1v) is 7.82. The van der Waals surface area contributed by atoms with Crippen molar-refractivity contribution >= 4 is 11.6 Å². The Balaban J connectivity index is 1.66. The van der Waals surface area contributed by atoms with E-state index < -0.39 is 0 Å². The van der Waals surface area contributed by atoms with Gasteiger partial charge in [0, 0.05) is 37.5 Å². The van der Waals surface area contributed by atoms with E-state index in [2.05, 4.69) is 25.2 Å². The van der Waals surface area contributed by atoms with Crippen LogP contribution in [0.15, 0.2) is 30.7 Å². The van der Waals surface area contributed by atoms with Crippen molar-refractivity contribution < 1.29 is 9.47 Å². The van der Waals surface area contributed by atoms with E-state index >= 15 is 0 Å². The van der Waals surface area contributed by atoms with Gasteiger partial charge in [0.1, 0.15) is 18.0 Å². The summed E-state index contributed by atoms with van der Waals surface area (Å²) < 4.78 is 10.9. The molecule has 3 heterocycles. The lowest BCUT2D eigenvalue weighted by Crippen LogP contribution is -2.36. The topological polar surface area (TPSA) is 72.4 Å². The van der Waals surface area contributed by atoms with Gasteiger partial charge >= 0.3 is 0 Å². The molecule has 3 rings (SSSR count). The Morgan fingerprint density at radius 3 is 2.96 bits per heavy atom. The molecule has 1 saturated heterocycles. The zero-order chi connectivity index (χ0) is 15.9. The third-order valence-electron chi connectivity index (χ3n) is 3.58. The van der Waals surface area contributed by atoms with Crippen LogP contribution in [0.5, 0.6) is 5.88 Å². The summed E-state index contributed by atoms with van der Waals surface area (Å²) in [5.41, 5.74) is 1.00. The molecule has 122 valence electrons. The van der Waals surface area contributed by atoms with Crippen molar-refractivity contribution in [2.45, 2.75) is 13.5 Å². The predicted molar refractivity (Wildman–Crippen MR) is 87.8 cm³/mol. The van der Waals surface area contributed by atoms with Crippen LogP contribution in [-0.4, -0.2) is 47.9 Å². The second kappa shape index (κ2) is 7.73. The van der Waals surface area contributed by atoms with Gasteiger partial charge in [-0.1, -0.05) is 6.07 Å². The van der Waals surface area contributed by atoms with Gasteiger partial charge in [0.15, 0.2) is 0 Å². The van der Waals surface area contributed by atoms with Gasteiger partial charge in [-0.3, -0.25) is 0 Å². The van der Waals surface area contributed by atoms with Crippen LogP contribution in [0.1, 0.15) is 12.5 Å². The number of ether oxygens (including phenoxy) is 2. The van der Waals surface area contributed by atoms with Crippen LogP contribution in [0.3, 0.4) is 0 Å². The van der Waals surface area contributed by atoms with E-state index in [4.69, 9.17) is 9.47 Å².